The number of esters is 1. The topological polar surface area (TPSA) is 50.1 Å². The molecule has 90 valence electrons. The van der Waals surface area contributed by atoms with E-state index in [4.69, 9.17) is 10.00 Å². The van der Waals surface area contributed by atoms with E-state index < -0.39 is 0 Å². The van der Waals surface area contributed by atoms with Crippen LogP contribution in [0.1, 0.15) is 29.2 Å². The van der Waals surface area contributed by atoms with Gasteiger partial charge in [-0.2, -0.15) is 5.26 Å². The molecule has 0 heterocycles. The van der Waals surface area contributed by atoms with Crippen LogP contribution in [0.5, 0.6) is 0 Å². The standard InChI is InChI=1S/C13H14BrNO2/c1-3-17-13(16)6-11-5-10(8-15)4-9(2)12(11)7-14/h4-5H,3,6-7H2,1-2H3. The number of benzene rings is 1. The van der Waals surface area contributed by atoms with Gasteiger partial charge in [-0.25, -0.2) is 0 Å². The van der Waals surface area contributed by atoms with Crippen molar-refractivity contribution in [2.75, 3.05) is 6.61 Å². The van der Waals surface area contributed by atoms with E-state index in [1.54, 1.807) is 13.0 Å². The highest BCUT2D eigenvalue weighted by Gasteiger charge is 2.11. The van der Waals surface area contributed by atoms with Crippen molar-refractivity contribution in [1.29, 1.82) is 5.26 Å². The van der Waals surface area contributed by atoms with E-state index in [2.05, 4.69) is 22.0 Å². The van der Waals surface area contributed by atoms with Crippen LogP contribution in [0.4, 0.5) is 0 Å². The molecule has 1 rings (SSSR count). The maximum atomic E-state index is 11.5. The van der Waals surface area contributed by atoms with Gasteiger partial charge in [-0.05, 0) is 42.7 Å². The first-order chi connectivity index (χ1) is 8.12. The molecule has 0 aromatic heterocycles. The smallest absolute Gasteiger partial charge is 0.310 e. The van der Waals surface area contributed by atoms with Gasteiger partial charge in [0.2, 0.25) is 0 Å². The molecule has 0 saturated heterocycles. The summed E-state index contributed by atoms with van der Waals surface area (Å²) in [5, 5.41) is 9.58. The molecule has 1 aromatic rings. The second-order valence-electron chi connectivity index (χ2n) is 3.66. The summed E-state index contributed by atoms with van der Waals surface area (Å²) in [6.45, 7) is 4.09. The highest BCUT2D eigenvalue weighted by molar-refractivity contribution is 9.08. The van der Waals surface area contributed by atoms with E-state index in [1.165, 1.54) is 0 Å². The summed E-state index contributed by atoms with van der Waals surface area (Å²) >= 11 is 3.40. The predicted octanol–water partition coefficient (Wildman–Crippen LogP) is 2.87. The van der Waals surface area contributed by atoms with Gasteiger partial charge in [0.1, 0.15) is 0 Å². The highest BCUT2D eigenvalue weighted by Crippen LogP contribution is 2.20. The fourth-order valence-electron chi connectivity index (χ4n) is 1.67. The molecule has 0 fully saturated rings. The molecule has 0 aliphatic carbocycles. The number of nitriles is 1. The van der Waals surface area contributed by atoms with Gasteiger partial charge in [0, 0.05) is 5.33 Å². The number of nitrogens with zero attached hydrogens (tertiary/aromatic N) is 1. The molecule has 0 saturated carbocycles. The van der Waals surface area contributed by atoms with Gasteiger partial charge in [0.05, 0.1) is 24.7 Å². The lowest BCUT2D eigenvalue weighted by Gasteiger charge is -2.10. The van der Waals surface area contributed by atoms with Crippen LogP contribution in [0.2, 0.25) is 0 Å². The Hall–Kier alpha value is -1.34. The number of ether oxygens (including phenoxy) is 1. The molecule has 0 N–H and O–H groups in total. The normalized spacial score (nSPS) is 9.76. The zero-order valence-electron chi connectivity index (χ0n) is 9.92. The van der Waals surface area contributed by atoms with Crippen molar-refractivity contribution in [3.63, 3.8) is 0 Å². The van der Waals surface area contributed by atoms with Crippen LogP contribution in [0, 0.1) is 18.3 Å². The molecule has 3 nitrogen and oxygen atoms in total. The van der Waals surface area contributed by atoms with Gasteiger partial charge in [0.15, 0.2) is 0 Å². The van der Waals surface area contributed by atoms with Crippen molar-refractivity contribution in [3.8, 4) is 6.07 Å². The van der Waals surface area contributed by atoms with Crippen LogP contribution in [0.15, 0.2) is 12.1 Å². The van der Waals surface area contributed by atoms with Crippen LogP contribution in [-0.2, 0) is 21.3 Å². The van der Waals surface area contributed by atoms with Crippen molar-refractivity contribution in [1.82, 2.24) is 0 Å². The van der Waals surface area contributed by atoms with Gasteiger partial charge in [-0.15, -0.1) is 0 Å². The van der Waals surface area contributed by atoms with Crippen LogP contribution in [0.3, 0.4) is 0 Å². The molecule has 0 aliphatic rings. The molecule has 1 aromatic carbocycles. The van der Waals surface area contributed by atoms with Crippen molar-refractivity contribution >= 4 is 21.9 Å². The zero-order chi connectivity index (χ0) is 12.8. The van der Waals surface area contributed by atoms with E-state index in [-0.39, 0.29) is 12.4 Å². The summed E-state index contributed by atoms with van der Waals surface area (Å²) in [5.74, 6) is -0.260. The first kappa shape index (κ1) is 13.7. The molecular formula is C13H14BrNO2. The molecule has 17 heavy (non-hydrogen) atoms. The van der Waals surface area contributed by atoms with Crippen LogP contribution >= 0.6 is 15.9 Å². The number of aryl methyl sites for hydroxylation is 1. The fraction of sp³-hybridized carbons (Fsp3) is 0.385. The Morgan fingerprint density at radius 2 is 2.24 bits per heavy atom. The van der Waals surface area contributed by atoms with Crippen molar-refractivity contribution < 1.29 is 9.53 Å². The number of carbonyl (C=O) groups is 1. The van der Waals surface area contributed by atoms with E-state index in [0.29, 0.717) is 17.5 Å². The first-order valence-corrected chi connectivity index (χ1v) is 6.48. The van der Waals surface area contributed by atoms with Crippen LogP contribution in [-0.4, -0.2) is 12.6 Å². The third-order valence-electron chi connectivity index (χ3n) is 2.47. The predicted molar refractivity (Wildman–Crippen MR) is 68.9 cm³/mol. The van der Waals surface area contributed by atoms with Gasteiger partial charge < -0.3 is 4.74 Å². The van der Waals surface area contributed by atoms with Gasteiger partial charge in [-0.3, -0.25) is 4.79 Å². The Labute approximate surface area is 110 Å². The summed E-state index contributed by atoms with van der Waals surface area (Å²) in [4.78, 5) is 11.5. The molecule has 0 unspecified atom stereocenters. The molecule has 0 bridgehead atoms. The maximum Gasteiger partial charge on any atom is 0.310 e. The lowest BCUT2D eigenvalue weighted by molar-refractivity contribution is -0.142. The maximum absolute atomic E-state index is 11.5. The SMILES string of the molecule is CCOC(=O)Cc1cc(C#N)cc(C)c1CBr. The Morgan fingerprint density at radius 3 is 2.76 bits per heavy atom. The molecule has 0 amide bonds. The van der Waals surface area contributed by atoms with Crippen molar-refractivity contribution in [2.45, 2.75) is 25.6 Å². The zero-order valence-corrected chi connectivity index (χ0v) is 11.5. The second kappa shape index (κ2) is 6.41. The first-order valence-electron chi connectivity index (χ1n) is 5.36. The summed E-state index contributed by atoms with van der Waals surface area (Å²) in [5.41, 5.74) is 3.50. The molecule has 0 atom stereocenters. The number of rotatable bonds is 4. The molecule has 0 radical (unpaired) electrons. The minimum atomic E-state index is -0.260. The second-order valence-corrected chi connectivity index (χ2v) is 4.22. The van der Waals surface area contributed by atoms with Crippen molar-refractivity contribution in [2.24, 2.45) is 0 Å². The molecular weight excluding hydrogens is 282 g/mol. The average molecular weight is 296 g/mol. The Balaban J connectivity index is 3.08. The van der Waals surface area contributed by atoms with Crippen molar-refractivity contribution in [3.05, 3.63) is 34.4 Å². The lowest BCUT2D eigenvalue weighted by Crippen LogP contribution is -2.10. The monoisotopic (exact) mass is 295 g/mol. The molecule has 4 heteroatoms. The number of alkyl halides is 1. The third kappa shape index (κ3) is 3.57. The Bertz CT molecular complexity index is 463. The third-order valence-corrected chi connectivity index (χ3v) is 3.03. The molecule has 0 spiro atoms. The lowest BCUT2D eigenvalue weighted by atomic mass is 9.98. The molecule has 0 aliphatic heterocycles. The van der Waals surface area contributed by atoms with E-state index in [0.717, 1.165) is 16.7 Å². The number of halogens is 1. The fourth-order valence-corrected chi connectivity index (χ4v) is 2.47. The summed E-state index contributed by atoms with van der Waals surface area (Å²) in [7, 11) is 0. The van der Waals surface area contributed by atoms with Crippen LogP contribution < -0.4 is 0 Å². The summed E-state index contributed by atoms with van der Waals surface area (Å²) in [6, 6.07) is 5.67. The summed E-state index contributed by atoms with van der Waals surface area (Å²) < 4.78 is 4.92. The van der Waals surface area contributed by atoms with E-state index in [1.807, 2.05) is 13.0 Å². The Morgan fingerprint density at radius 1 is 1.53 bits per heavy atom. The van der Waals surface area contributed by atoms with Gasteiger partial charge in [-0.1, -0.05) is 15.9 Å². The average Bonchev–Trinajstić information content (AvgIpc) is 2.28. The van der Waals surface area contributed by atoms with E-state index >= 15 is 0 Å². The van der Waals surface area contributed by atoms with Gasteiger partial charge in [0.25, 0.3) is 0 Å². The minimum absolute atomic E-state index is 0.213. The quantitative estimate of drug-likeness (QED) is 0.634. The van der Waals surface area contributed by atoms with Gasteiger partial charge >= 0.3 is 5.97 Å². The number of hydrogen-bond acceptors (Lipinski definition) is 3. The largest absolute Gasteiger partial charge is 0.466 e. The number of carbonyl (C=O) groups excluding carboxylic acids is 1. The highest BCUT2D eigenvalue weighted by atomic mass is 79.9. The minimum Gasteiger partial charge on any atom is -0.466 e. The van der Waals surface area contributed by atoms with E-state index in [9.17, 15) is 4.79 Å². The summed E-state index contributed by atoms with van der Waals surface area (Å²) in [6.07, 6.45) is 0.213. The Kier molecular flexibility index (Phi) is 5.17. The number of hydrogen-bond donors (Lipinski definition) is 0. The van der Waals surface area contributed by atoms with Crippen LogP contribution in [0.25, 0.3) is 0 Å².